The van der Waals surface area contributed by atoms with Crippen LogP contribution in [0.5, 0.6) is 0 Å². The fourth-order valence-electron chi connectivity index (χ4n) is 4.12. The summed E-state index contributed by atoms with van der Waals surface area (Å²) in [5.41, 5.74) is 1.41. The van der Waals surface area contributed by atoms with Gasteiger partial charge in [0.25, 0.3) is 5.91 Å². The first kappa shape index (κ1) is 28.3. The summed E-state index contributed by atoms with van der Waals surface area (Å²) in [5, 5.41) is 17.2. The van der Waals surface area contributed by atoms with Crippen LogP contribution in [0.1, 0.15) is 55.4 Å². The molecule has 3 rings (SSSR count). The number of aliphatic carboxylic acids is 1. The number of ether oxygens (including phenoxy) is 1. The summed E-state index contributed by atoms with van der Waals surface area (Å²) in [4.78, 5) is 25.1. The summed E-state index contributed by atoms with van der Waals surface area (Å²) in [6.45, 7) is 6.19. The van der Waals surface area contributed by atoms with Crippen LogP contribution in [0.3, 0.4) is 0 Å². The Kier molecular flexibility index (Phi) is 9.83. The van der Waals surface area contributed by atoms with Crippen LogP contribution in [0.25, 0.3) is 11.1 Å². The topological polar surface area (TPSA) is 102 Å². The minimum absolute atomic E-state index is 0.0694. The van der Waals surface area contributed by atoms with Crippen LogP contribution in [0, 0.1) is 11.2 Å². The molecule has 0 fully saturated rings. The van der Waals surface area contributed by atoms with E-state index in [4.69, 9.17) is 20.9 Å². The van der Waals surface area contributed by atoms with Crippen molar-refractivity contribution in [2.75, 3.05) is 13.2 Å². The van der Waals surface area contributed by atoms with Crippen LogP contribution in [0.4, 0.5) is 4.39 Å². The highest BCUT2D eigenvalue weighted by atomic mass is 35.5. The summed E-state index contributed by atoms with van der Waals surface area (Å²) in [7, 11) is 0. The molecule has 0 bridgehead atoms. The minimum Gasteiger partial charge on any atom is -0.481 e. The molecule has 9 heteroatoms. The first-order valence-corrected chi connectivity index (χ1v) is 12.6. The third kappa shape index (κ3) is 7.63. The second kappa shape index (κ2) is 12.8. The normalized spacial score (nSPS) is 13.6. The molecule has 37 heavy (non-hydrogen) atoms. The number of halogens is 2. The van der Waals surface area contributed by atoms with Crippen molar-refractivity contribution in [1.29, 1.82) is 0 Å². The van der Waals surface area contributed by atoms with Crippen molar-refractivity contribution in [3.63, 3.8) is 0 Å². The molecule has 0 unspecified atom stereocenters. The number of nitrogens with zero attached hydrogens (tertiary/aromatic N) is 1. The van der Waals surface area contributed by atoms with Crippen LogP contribution in [-0.2, 0) is 22.4 Å². The highest BCUT2D eigenvalue weighted by molar-refractivity contribution is 6.30. The number of aryl methyl sites for hydroxylation is 1. The van der Waals surface area contributed by atoms with Gasteiger partial charge in [-0.05, 0) is 68.9 Å². The van der Waals surface area contributed by atoms with Gasteiger partial charge >= 0.3 is 5.97 Å². The standard InChI is InChI=1S/C28H32ClFN2O5/c1-4-21-16-25(37-32-21)26(33)31-22(17-28(3,27(34)35)12-13-36-5-2)14-18-6-8-19(9-7-18)23-15-20(29)10-11-24(23)30/h6-11,15-16,22H,4-5,12-14,17H2,1-3H3,(H,31,33)(H,34,35)/t22-,28-/m1/s1. The fraction of sp³-hybridized carbons (Fsp3) is 0.393. The van der Waals surface area contributed by atoms with Crippen LogP contribution in [-0.4, -0.2) is 41.4 Å². The van der Waals surface area contributed by atoms with Crippen LogP contribution in [0.2, 0.25) is 5.02 Å². The highest BCUT2D eigenvalue weighted by Crippen LogP contribution is 2.31. The van der Waals surface area contributed by atoms with Gasteiger partial charge in [0.15, 0.2) is 0 Å². The monoisotopic (exact) mass is 530 g/mol. The predicted octanol–water partition coefficient (Wildman–Crippen LogP) is 5.95. The Hall–Kier alpha value is -3.23. The highest BCUT2D eigenvalue weighted by Gasteiger charge is 2.36. The average Bonchev–Trinajstić information content (AvgIpc) is 3.36. The van der Waals surface area contributed by atoms with Gasteiger partial charge < -0.3 is 19.7 Å². The van der Waals surface area contributed by atoms with E-state index in [1.807, 2.05) is 26.0 Å². The molecule has 2 atom stereocenters. The number of carboxylic acids is 1. The average molecular weight is 531 g/mol. The zero-order valence-electron chi connectivity index (χ0n) is 21.2. The first-order valence-electron chi connectivity index (χ1n) is 12.3. The zero-order chi connectivity index (χ0) is 27.0. The number of amides is 1. The number of hydrogen-bond donors (Lipinski definition) is 2. The summed E-state index contributed by atoms with van der Waals surface area (Å²) < 4.78 is 24.9. The van der Waals surface area contributed by atoms with Crippen molar-refractivity contribution >= 4 is 23.5 Å². The quantitative estimate of drug-likeness (QED) is 0.265. The molecule has 3 aromatic rings. The molecule has 198 valence electrons. The SMILES string of the molecule is CCOCC[C@](C)(C[C@@H](Cc1ccc(-c2cc(Cl)ccc2F)cc1)NC(=O)c1cc(CC)no1)C(=O)O. The number of rotatable bonds is 13. The van der Waals surface area contributed by atoms with E-state index in [9.17, 15) is 19.1 Å². The lowest BCUT2D eigenvalue weighted by molar-refractivity contribution is -0.150. The molecule has 1 heterocycles. The lowest BCUT2D eigenvalue weighted by Gasteiger charge is -2.30. The number of hydrogen-bond acceptors (Lipinski definition) is 5. The molecule has 2 N–H and O–H groups in total. The molecule has 0 aliphatic carbocycles. The Balaban J connectivity index is 1.84. The maximum atomic E-state index is 14.3. The van der Waals surface area contributed by atoms with E-state index in [-0.39, 0.29) is 24.4 Å². The van der Waals surface area contributed by atoms with Crippen molar-refractivity contribution in [3.05, 3.63) is 76.4 Å². The Morgan fingerprint density at radius 1 is 1.19 bits per heavy atom. The molecular formula is C28H32ClFN2O5. The smallest absolute Gasteiger partial charge is 0.309 e. The summed E-state index contributed by atoms with van der Waals surface area (Å²) in [6.07, 6.45) is 1.43. The number of nitrogens with one attached hydrogen (secondary N) is 1. The molecule has 0 spiro atoms. The van der Waals surface area contributed by atoms with Gasteiger partial charge in [-0.25, -0.2) is 4.39 Å². The molecule has 0 saturated carbocycles. The lowest BCUT2D eigenvalue weighted by atomic mass is 9.79. The van der Waals surface area contributed by atoms with E-state index in [0.29, 0.717) is 47.9 Å². The second-order valence-electron chi connectivity index (χ2n) is 9.25. The summed E-state index contributed by atoms with van der Waals surface area (Å²) in [6, 6.07) is 12.6. The lowest BCUT2D eigenvalue weighted by Crippen LogP contribution is -2.43. The third-order valence-corrected chi connectivity index (χ3v) is 6.61. The van der Waals surface area contributed by atoms with Crippen LogP contribution >= 0.6 is 11.6 Å². The summed E-state index contributed by atoms with van der Waals surface area (Å²) >= 11 is 6.03. The Bertz CT molecular complexity index is 1210. The van der Waals surface area contributed by atoms with Gasteiger partial charge in [-0.1, -0.05) is 47.9 Å². The second-order valence-corrected chi connectivity index (χ2v) is 9.68. The van der Waals surface area contributed by atoms with Crippen molar-refractivity contribution in [2.45, 2.75) is 52.5 Å². The van der Waals surface area contributed by atoms with Gasteiger partial charge in [0.1, 0.15) is 5.82 Å². The number of benzene rings is 2. The molecule has 1 amide bonds. The van der Waals surface area contributed by atoms with Crippen molar-refractivity contribution < 1.29 is 28.3 Å². The van der Waals surface area contributed by atoms with Gasteiger partial charge in [0.05, 0.1) is 11.1 Å². The van der Waals surface area contributed by atoms with Crippen molar-refractivity contribution in [1.82, 2.24) is 10.5 Å². The molecule has 7 nitrogen and oxygen atoms in total. The van der Waals surface area contributed by atoms with Crippen LogP contribution < -0.4 is 5.32 Å². The molecule has 1 aromatic heterocycles. The van der Waals surface area contributed by atoms with Crippen LogP contribution in [0.15, 0.2) is 53.1 Å². The van der Waals surface area contributed by atoms with Gasteiger partial charge in [-0.2, -0.15) is 0 Å². The van der Waals surface area contributed by atoms with Gasteiger partial charge in [-0.15, -0.1) is 0 Å². The Labute approximate surface area is 221 Å². The Morgan fingerprint density at radius 3 is 2.54 bits per heavy atom. The number of carbonyl (C=O) groups is 2. The molecular weight excluding hydrogens is 499 g/mol. The molecule has 0 radical (unpaired) electrons. The molecule has 2 aromatic carbocycles. The largest absolute Gasteiger partial charge is 0.481 e. The minimum atomic E-state index is -1.13. The maximum absolute atomic E-state index is 14.3. The van der Waals surface area contributed by atoms with Crippen molar-refractivity contribution in [3.8, 4) is 11.1 Å². The third-order valence-electron chi connectivity index (χ3n) is 6.37. The van der Waals surface area contributed by atoms with E-state index in [0.717, 1.165) is 5.56 Å². The van der Waals surface area contributed by atoms with Crippen molar-refractivity contribution in [2.24, 2.45) is 5.41 Å². The Morgan fingerprint density at radius 2 is 1.92 bits per heavy atom. The van der Waals surface area contributed by atoms with Gasteiger partial charge in [-0.3, -0.25) is 9.59 Å². The number of aromatic nitrogens is 1. The first-order chi connectivity index (χ1) is 17.6. The van der Waals surface area contributed by atoms with Gasteiger partial charge in [0.2, 0.25) is 5.76 Å². The van der Waals surface area contributed by atoms with E-state index in [2.05, 4.69) is 10.5 Å². The number of carbonyl (C=O) groups excluding carboxylic acids is 1. The number of carboxylic acid groups (broad SMARTS) is 1. The van der Waals surface area contributed by atoms with E-state index in [1.165, 1.54) is 12.1 Å². The molecule has 0 saturated heterocycles. The van der Waals surface area contributed by atoms with Gasteiger partial charge in [0, 0.05) is 35.9 Å². The molecule has 0 aliphatic heterocycles. The van der Waals surface area contributed by atoms with E-state index < -0.39 is 23.3 Å². The zero-order valence-corrected chi connectivity index (χ0v) is 22.0. The molecule has 0 aliphatic rings. The van der Waals surface area contributed by atoms with E-state index in [1.54, 1.807) is 31.2 Å². The summed E-state index contributed by atoms with van der Waals surface area (Å²) in [5.74, 6) is -1.74. The maximum Gasteiger partial charge on any atom is 0.309 e. The van der Waals surface area contributed by atoms with E-state index >= 15 is 0 Å². The fourth-order valence-corrected chi connectivity index (χ4v) is 4.29. The predicted molar refractivity (Wildman–Crippen MR) is 139 cm³/mol.